The minimum atomic E-state index is -0.0353. The molecule has 4 rings (SSSR count). The number of aliphatic hydroxyl groups excluding tert-OH is 1. The fourth-order valence-corrected chi connectivity index (χ4v) is 6.64. The first kappa shape index (κ1) is 16.4. The summed E-state index contributed by atoms with van der Waals surface area (Å²) in [6.07, 6.45) is 7.60. The van der Waals surface area contributed by atoms with Gasteiger partial charge in [0.1, 0.15) is 11.4 Å². The molecule has 0 bridgehead atoms. The van der Waals surface area contributed by atoms with E-state index in [9.17, 15) is 5.11 Å². The molecule has 2 fully saturated rings. The van der Waals surface area contributed by atoms with Crippen molar-refractivity contribution in [2.75, 3.05) is 0 Å². The van der Waals surface area contributed by atoms with Crippen LogP contribution in [-0.4, -0.2) is 10.7 Å². The first-order chi connectivity index (χ1) is 11.3. The molecule has 1 aromatic rings. The fraction of sp³-hybridized carbons (Fsp3) is 0.727. The van der Waals surface area contributed by atoms with Gasteiger partial charge in [-0.05, 0) is 79.0 Å². The molecule has 2 nitrogen and oxygen atoms in total. The average molecular weight is 328 g/mol. The highest BCUT2D eigenvalue weighted by molar-refractivity contribution is 5.41. The molecule has 4 atom stereocenters. The van der Waals surface area contributed by atoms with Crippen molar-refractivity contribution in [1.29, 1.82) is 0 Å². The predicted molar refractivity (Wildman–Crippen MR) is 97.1 cm³/mol. The molecule has 24 heavy (non-hydrogen) atoms. The molecular formula is C22H32O2. The molecule has 1 aromatic carbocycles. The van der Waals surface area contributed by atoms with Gasteiger partial charge in [0.25, 0.3) is 0 Å². The van der Waals surface area contributed by atoms with Gasteiger partial charge in [0.05, 0.1) is 6.61 Å². The zero-order valence-corrected chi connectivity index (χ0v) is 15.7. The Morgan fingerprint density at radius 3 is 2.62 bits per heavy atom. The summed E-state index contributed by atoms with van der Waals surface area (Å²) in [5.74, 6) is 2.41. The maximum Gasteiger partial charge on any atom is 0.123 e. The molecular weight excluding hydrogens is 296 g/mol. The van der Waals surface area contributed by atoms with Crippen LogP contribution in [0.5, 0.6) is 5.75 Å². The lowest BCUT2D eigenvalue weighted by Crippen LogP contribution is -2.61. The molecule has 132 valence electrons. The lowest BCUT2D eigenvalue weighted by Gasteiger charge is -2.63. The van der Waals surface area contributed by atoms with E-state index in [0.717, 1.165) is 23.7 Å². The van der Waals surface area contributed by atoms with Gasteiger partial charge in [0, 0.05) is 5.92 Å². The molecule has 1 aliphatic heterocycles. The van der Waals surface area contributed by atoms with Crippen LogP contribution in [0.25, 0.3) is 0 Å². The van der Waals surface area contributed by atoms with Crippen LogP contribution in [-0.2, 0) is 13.0 Å². The molecule has 0 radical (unpaired) electrons. The highest BCUT2D eigenvalue weighted by Crippen LogP contribution is 2.64. The Balaban J connectivity index is 1.76. The molecule has 0 spiro atoms. The van der Waals surface area contributed by atoms with Gasteiger partial charge >= 0.3 is 0 Å². The number of fused-ring (bicyclic) bond motifs is 4. The van der Waals surface area contributed by atoms with Crippen molar-refractivity contribution in [3.63, 3.8) is 0 Å². The van der Waals surface area contributed by atoms with Crippen LogP contribution in [0.2, 0.25) is 0 Å². The Hall–Kier alpha value is -1.02. The topological polar surface area (TPSA) is 29.5 Å². The van der Waals surface area contributed by atoms with Gasteiger partial charge in [0.2, 0.25) is 0 Å². The third-order valence-electron chi connectivity index (χ3n) is 7.81. The molecule has 1 N–H and O–H groups in total. The second kappa shape index (κ2) is 5.24. The number of aliphatic hydroxyl groups is 1. The van der Waals surface area contributed by atoms with Crippen molar-refractivity contribution in [1.82, 2.24) is 0 Å². The second-order valence-electron chi connectivity index (χ2n) is 9.71. The zero-order valence-electron chi connectivity index (χ0n) is 15.7. The van der Waals surface area contributed by atoms with Crippen LogP contribution < -0.4 is 4.74 Å². The van der Waals surface area contributed by atoms with Gasteiger partial charge in [0.15, 0.2) is 0 Å². The van der Waals surface area contributed by atoms with Crippen molar-refractivity contribution in [2.24, 2.45) is 22.7 Å². The van der Waals surface area contributed by atoms with Crippen molar-refractivity contribution in [2.45, 2.75) is 78.4 Å². The number of hydrogen-bond donors (Lipinski definition) is 1. The summed E-state index contributed by atoms with van der Waals surface area (Å²) < 4.78 is 6.62. The maximum absolute atomic E-state index is 9.49. The predicted octanol–water partition coefficient (Wildman–Crippen LogP) is 5.12. The lowest BCUT2D eigenvalue weighted by atomic mass is 9.44. The van der Waals surface area contributed by atoms with E-state index in [2.05, 4.69) is 39.8 Å². The first-order valence-electron chi connectivity index (χ1n) is 9.70. The van der Waals surface area contributed by atoms with E-state index in [-0.39, 0.29) is 12.2 Å². The molecule has 0 saturated heterocycles. The van der Waals surface area contributed by atoms with E-state index in [0.29, 0.717) is 16.7 Å². The lowest BCUT2D eigenvalue weighted by molar-refractivity contribution is -0.162. The Labute approximate surface area is 146 Å². The van der Waals surface area contributed by atoms with E-state index in [1.165, 1.54) is 37.7 Å². The summed E-state index contributed by atoms with van der Waals surface area (Å²) in [5.41, 5.74) is 3.08. The Bertz CT molecular complexity index is 649. The quantitative estimate of drug-likeness (QED) is 0.776. The minimum absolute atomic E-state index is 0.0353. The third kappa shape index (κ3) is 2.25. The largest absolute Gasteiger partial charge is 0.487 e. The summed E-state index contributed by atoms with van der Waals surface area (Å²) in [5, 5.41) is 9.49. The normalized spacial score (nSPS) is 40.0. The second-order valence-corrected chi connectivity index (χ2v) is 9.71. The number of hydrogen-bond acceptors (Lipinski definition) is 2. The van der Waals surface area contributed by atoms with Crippen molar-refractivity contribution >= 4 is 0 Å². The van der Waals surface area contributed by atoms with Gasteiger partial charge < -0.3 is 9.84 Å². The first-order valence-corrected chi connectivity index (χ1v) is 9.70. The Kier molecular flexibility index (Phi) is 3.59. The van der Waals surface area contributed by atoms with E-state index in [1.807, 2.05) is 6.07 Å². The molecule has 2 saturated carbocycles. The van der Waals surface area contributed by atoms with Crippen LogP contribution in [0.3, 0.4) is 0 Å². The summed E-state index contributed by atoms with van der Waals surface area (Å²) in [4.78, 5) is 0. The monoisotopic (exact) mass is 328 g/mol. The van der Waals surface area contributed by atoms with Crippen LogP contribution in [0.1, 0.15) is 70.9 Å². The van der Waals surface area contributed by atoms with Gasteiger partial charge in [-0.15, -0.1) is 0 Å². The number of ether oxygens (including phenoxy) is 1. The molecule has 0 unspecified atom stereocenters. The fourth-order valence-electron chi connectivity index (χ4n) is 6.64. The number of rotatable bonds is 1. The van der Waals surface area contributed by atoms with Crippen LogP contribution in [0.15, 0.2) is 18.2 Å². The third-order valence-corrected chi connectivity index (χ3v) is 7.81. The highest BCUT2D eigenvalue weighted by atomic mass is 16.5. The summed E-state index contributed by atoms with van der Waals surface area (Å²) in [6.45, 7) is 9.98. The highest BCUT2D eigenvalue weighted by Gasteiger charge is 2.60. The summed E-state index contributed by atoms with van der Waals surface area (Å²) >= 11 is 0. The van der Waals surface area contributed by atoms with E-state index < -0.39 is 0 Å². The minimum Gasteiger partial charge on any atom is -0.487 e. The Morgan fingerprint density at radius 2 is 1.88 bits per heavy atom. The van der Waals surface area contributed by atoms with Crippen LogP contribution >= 0.6 is 0 Å². The molecule has 3 aliphatic rings. The smallest absolute Gasteiger partial charge is 0.123 e. The standard InChI is InChI=1S/C22H32O2/c1-20(2)9-5-10-21(3)18(20)8-11-22(4)19(21)13-16-12-15(14-23)6-7-17(16)24-22/h6-7,12,18-19,23H,5,8-11,13-14H2,1-4H3/t18-,19+,21-,22+/m0/s1. The summed E-state index contributed by atoms with van der Waals surface area (Å²) in [7, 11) is 0. The van der Waals surface area contributed by atoms with Crippen LogP contribution in [0.4, 0.5) is 0 Å². The molecule has 2 heteroatoms. The Morgan fingerprint density at radius 1 is 1.08 bits per heavy atom. The summed E-state index contributed by atoms with van der Waals surface area (Å²) in [6, 6.07) is 6.23. The van der Waals surface area contributed by atoms with E-state index in [1.54, 1.807) is 0 Å². The van der Waals surface area contributed by atoms with Crippen molar-refractivity contribution < 1.29 is 9.84 Å². The van der Waals surface area contributed by atoms with E-state index in [4.69, 9.17) is 4.74 Å². The van der Waals surface area contributed by atoms with Gasteiger partial charge in [-0.2, -0.15) is 0 Å². The zero-order chi connectivity index (χ0) is 17.2. The van der Waals surface area contributed by atoms with Gasteiger partial charge in [-0.25, -0.2) is 0 Å². The molecule has 1 heterocycles. The van der Waals surface area contributed by atoms with E-state index >= 15 is 0 Å². The molecule has 0 amide bonds. The van der Waals surface area contributed by atoms with Crippen molar-refractivity contribution in [3.05, 3.63) is 29.3 Å². The van der Waals surface area contributed by atoms with Gasteiger partial charge in [-0.1, -0.05) is 33.3 Å². The van der Waals surface area contributed by atoms with Gasteiger partial charge in [-0.3, -0.25) is 0 Å². The molecule has 2 aliphatic carbocycles. The van der Waals surface area contributed by atoms with Crippen molar-refractivity contribution in [3.8, 4) is 5.75 Å². The maximum atomic E-state index is 9.49. The van der Waals surface area contributed by atoms with Crippen LogP contribution in [0, 0.1) is 22.7 Å². The number of benzene rings is 1. The SMILES string of the molecule is CC1(C)CCC[C@]2(C)[C@H]3Cc4cc(CO)ccc4O[C@]3(C)CC[C@@H]12. The average Bonchev–Trinajstić information content (AvgIpc) is 2.52. The molecule has 0 aromatic heterocycles.